The highest BCUT2D eigenvalue weighted by Crippen LogP contribution is 2.16. The van der Waals surface area contributed by atoms with Crippen LogP contribution in [0.15, 0.2) is 0 Å². The number of likely N-dealkylation sites (tertiary alicyclic amines) is 1. The molecule has 82 valence electrons. The van der Waals surface area contributed by atoms with Gasteiger partial charge in [-0.05, 0) is 32.5 Å². The number of hydrogen-bond donors (Lipinski definition) is 1. The molecular weight excluding hydrogens is 174 g/mol. The molecule has 2 aliphatic heterocycles. The highest BCUT2D eigenvalue weighted by atomic mass is 15.3. The second-order valence-corrected chi connectivity index (χ2v) is 5.01. The van der Waals surface area contributed by atoms with Crippen molar-refractivity contribution in [1.82, 2.24) is 15.1 Å². The highest BCUT2D eigenvalue weighted by molar-refractivity contribution is 4.84. The third kappa shape index (κ3) is 2.47. The highest BCUT2D eigenvalue weighted by Gasteiger charge is 2.27. The Morgan fingerprint density at radius 1 is 1.21 bits per heavy atom. The predicted octanol–water partition coefficient (Wildman–Crippen LogP) is 0.232. The standard InChI is InChI=1S/C11H23N3/c1-10-7-12-4-6-14(8-10)11-3-5-13(2)9-11/h10-12H,3-9H2,1-2H3. The van der Waals surface area contributed by atoms with Gasteiger partial charge in [0.15, 0.2) is 0 Å². The van der Waals surface area contributed by atoms with Gasteiger partial charge in [0.2, 0.25) is 0 Å². The quantitative estimate of drug-likeness (QED) is 0.649. The van der Waals surface area contributed by atoms with Gasteiger partial charge in [0.05, 0.1) is 0 Å². The molecule has 2 fully saturated rings. The second kappa shape index (κ2) is 4.60. The maximum Gasteiger partial charge on any atom is 0.0235 e. The molecular formula is C11H23N3. The Morgan fingerprint density at radius 3 is 2.79 bits per heavy atom. The summed E-state index contributed by atoms with van der Waals surface area (Å²) in [6.07, 6.45) is 1.36. The van der Waals surface area contributed by atoms with Crippen molar-refractivity contribution in [2.75, 3.05) is 46.3 Å². The summed E-state index contributed by atoms with van der Waals surface area (Å²) in [6, 6.07) is 0.822. The first kappa shape index (κ1) is 10.4. The van der Waals surface area contributed by atoms with E-state index in [4.69, 9.17) is 0 Å². The molecule has 0 aromatic carbocycles. The van der Waals surface area contributed by atoms with E-state index in [2.05, 4.69) is 29.1 Å². The predicted molar refractivity (Wildman–Crippen MR) is 59.5 cm³/mol. The molecule has 2 aliphatic rings. The molecule has 0 aromatic rings. The third-order valence-electron chi connectivity index (χ3n) is 3.50. The van der Waals surface area contributed by atoms with Crippen molar-refractivity contribution < 1.29 is 0 Å². The third-order valence-corrected chi connectivity index (χ3v) is 3.50. The Labute approximate surface area is 87.4 Å². The Morgan fingerprint density at radius 2 is 2.07 bits per heavy atom. The monoisotopic (exact) mass is 197 g/mol. The van der Waals surface area contributed by atoms with E-state index in [0.717, 1.165) is 12.0 Å². The van der Waals surface area contributed by atoms with Crippen LogP contribution >= 0.6 is 0 Å². The number of hydrogen-bond acceptors (Lipinski definition) is 3. The van der Waals surface area contributed by atoms with Crippen molar-refractivity contribution in [2.45, 2.75) is 19.4 Å². The zero-order chi connectivity index (χ0) is 9.97. The van der Waals surface area contributed by atoms with Crippen molar-refractivity contribution in [2.24, 2.45) is 5.92 Å². The summed E-state index contributed by atoms with van der Waals surface area (Å²) in [4.78, 5) is 5.14. The van der Waals surface area contributed by atoms with Crippen molar-refractivity contribution in [3.8, 4) is 0 Å². The van der Waals surface area contributed by atoms with Crippen molar-refractivity contribution in [3.63, 3.8) is 0 Å². The summed E-state index contributed by atoms with van der Waals surface area (Å²) in [7, 11) is 2.24. The summed E-state index contributed by atoms with van der Waals surface area (Å²) in [5.74, 6) is 0.809. The van der Waals surface area contributed by atoms with Crippen LogP contribution in [0.4, 0.5) is 0 Å². The average molecular weight is 197 g/mol. The van der Waals surface area contributed by atoms with Gasteiger partial charge in [0, 0.05) is 32.2 Å². The molecule has 0 aromatic heterocycles. The van der Waals surface area contributed by atoms with Gasteiger partial charge in [0.1, 0.15) is 0 Å². The molecule has 2 saturated heterocycles. The lowest BCUT2D eigenvalue weighted by Gasteiger charge is -2.28. The van der Waals surface area contributed by atoms with E-state index < -0.39 is 0 Å². The fraction of sp³-hybridized carbons (Fsp3) is 1.00. The second-order valence-electron chi connectivity index (χ2n) is 5.01. The van der Waals surface area contributed by atoms with Crippen LogP contribution in [-0.4, -0.2) is 62.2 Å². The van der Waals surface area contributed by atoms with Crippen molar-refractivity contribution >= 4 is 0 Å². The van der Waals surface area contributed by atoms with Gasteiger partial charge in [-0.15, -0.1) is 0 Å². The van der Waals surface area contributed by atoms with Crippen molar-refractivity contribution in [3.05, 3.63) is 0 Å². The largest absolute Gasteiger partial charge is 0.315 e. The van der Waals surface area contributed by atoms with E-state index in [1.807, 2.05) is 0 Å². The van der Waals surface area contributed by atoms with E-state index in [1.54, 1.807) is 0 Å². The Balaban J connectivity index is 1.88. The number of nitrogens with one attached hydrogen (secondary N) is 1. The maximum atomic E-state index is 3.51. The van der Waals surface area contributed by atoms with E-state index in [0.29, 0.717) is 0 Å². The van der Waals surface area contributed by atoms with Gasteiger partial charge in [-0.25, -0.2) is 0 Å². The Bertz CT molecular complexity index is 183. The van der Waals surface area contributed by atoms with Gasteiger partial charge in [-0.3, -0.25) is 4.90 Å². The number of nitrogens with zero attached hydrogens (tertiary/aromatic N) is 2. The summed E-state index contributed by atoms with van der Waals surface area (Å²) >= 11 is 0. The molecule has 0 aliphatic carbocycles. The molecule has 0 saturated carbocycles. The molecule has 2 heterocycles. The molecule has 0 spiro atoms. The topological polar surface area (TPSA) is 18.5 Å². The molecule has 3 nitrogen and oxygen atoms in total. The molecule has 1 N–H and O–H groups in total. The minimum atomic E-state index is 0.809. The lowest BCUT2D eigenvalue weighted by molar-refractivity contribution is 0.192. The lowest BCUT2D eigenvalue weighted by Crippen LogP contribution is -2.40. The number of likely N-dealkylation sites (N-methyl/N-ethyl adjacent to an activating group) is 1. The average Bonchev–Trinajstić information content (AvgIpc) is 2.45. The van der Waals surface area contributed by atoms with Crippen LogP contribution in [-0.2, 0) is 0 Å². The summed E-state index contributed by atoms with van der Waals surface area (Å²) < 4.78 is 0. The molecule has 3 heteroatoms. The molecule has 2 atom stereocenters. The normalized spacial score (nSPS) is 37.3. The Hall–Kier alpha value is -0.120. The minimum absolute atomic E-state index is 0.809. The van der Waals surface area contributed by atoms with Crippen LogP contribution in [0, 0.1) is 5.92 Å². The molecule has 2 rings (SSSR count). The van der Waals surface area contributed by atoms with E-state index in [9.17, 15) is 0 Å². The molecule has 0 radical (unpaired) electrons. The van der Waals surface area contributed by atoms with Gasteiger partial charge < -0.3 is 10.2 Å². The van der Waals surface area contributed by atoms with E-state index >= 15 is 0 Å². The molecule has 14 heavy (non-hydrogen) atoms. The van der Waals surface area contributed by atoms with Crippen LogP contribution in [0.2, 0.25) is 0 Å². The van der Waals surface area contributed by atoms with E-state index in [1.165, 1.54) is 45.7 Å². The van der Waals surface area contributed by atoms with Gasteiger partial charge in [-0.2, -0.15) is 0 Å². The minimum Gasteiger partial charge on any atom is -0.315 e. The molecule has 2 unspecified atom stereocenters. The first-order chi connectivity index (χ1) is 6.75. The smallest absolute Gasteiger partial charge is 0.0235 e. The Kier molecular flexibility index (Phi) is 3.42. The van der Waals surface area contributed by atoms with E-state index in [-0.39, 0.29) is 0 Å². The van der Waals surface area contributed by atoms with Gasteiger partial charge >= 0.3 is 0 Å². The van der Waals surface area contributed by atoms with Crippen LogP contribution in [0.3, 0.4) is 0 Å². The summed E-state index contributed by atoms with van der Waals surface area (Å²) in [6.45, 7) is 9.79. The zero-order valence-corrected chi connectivity index (χ0v) is 9.50. The molecule has 0 bridgehead atoms. The maximum absolute atomic E-state index is 3.51. The fourth-order valence-corrected chi connectivity index (χ4v) is 2.67. The van der Waals surface area contributed by atoms with Crippen molar-refractivity contribution in [1.29, 1.82) is 0 Å². The zero-order valence-electron chi connectivity index (χ0n) is 9.50. The summed E-state index contributed by atoms with van der Waals surface area (Å²) in [5.41, 5.74) is 0. The first-order valence-electron chi connectivity index (χ1n) is 5.89. The van der Waals surface area contributed by atoms with Gasteiger partial charge in [0.25, 0.3) is 0 Å². The van der Waals surface area contributed by atoms with Crippen LogP contribution in [0.5, 0.6) is 0 Å². The first-order valence-corrected chi connectivity index (χ1v) is 5.89. The fourth-order valence-electron chi connectivity index (χ4n) is 2.67. The van der Waals surface area contributed by atoms with Gasteiger partial charge in [-0.1, -0.05) is 6.92 Å². The van der Waals surface area contributed by atoms with Crippen LogP contribution in [0.25, 0.3) is 0 Å². The summed E-state index contributed by atoms with van der Waals surface area (Å²) in [5, 5.41) is 3.51. The van der Waals surface area contributed by atoms with Crippen LogP contribution in [0.1, 0.15) is 13.3 Å². The number of rotatable bonds is 1. The SMILES string of the molecule is CC1CNCCN(C2CCN(C)C2)C1. The molecule has 0 amide bonds. The van der Waals surface area contributed by atoms with Crippen LogP contribution < -0.4 is 5.32 Å². The lowest BCUT2D eigenvalue weighted by atomic mass is 10.1.